The zero-order chi connectivity index (χ0) is 15.4. The Morgan fingerprint density at radius 2 is 2.05 bits per heavy atom. The smallest absolute Gasteiger partial charge is 0.221 e. The Bertz CT molecular complexity index is 780. The van der Waals surface area contributed by atoms with Gasteiger partial charge in [0.25, 0.3) is 0 Å². The van der Waals surface area contributed by atoms with E-state index in [2.05, 4.69) is 30.8 Å². The molecule has 3 N–H and O–H groups in total. The first-order valence-electron chi connectivity index (χ1n) is 6.97. The van der Waals surface area contributed by atoms with Gasteiger partial charge in [-0.05, 0) is 24.1 Å². The van der Waals surface area contributed by atoms with Gasteiger partial charge in [0.2, 0.25) is 5.91 Å². The lowest BCUT2D eigenvalue weighted by atomic mass is 10.1. The molecule has 1 aromatic carbocycles. The molecule has 0 spiro atoms. The third-order valence-electron chi connectivity index (χ3n) is 3.23. The van der Waals surface area contributed by atoms with Crippen LogP contribution in [0.3, 0.4) is 0 Å². The molecule has 0 bridgehead atoms. The average molecular weight is 296 g/mol. The minimum atomic E-state index is -0.0673. The van der Waals surface area contributed by atoms with E-state index in [-0.39, 0.29) is 5.91 Å². The van der Waals surface area contributed by atoms with E-state index in [0.717, 1.165) is 35.5 Å². The van der Waals surface area contributed by atoms with Crippen molar-refractivity contribution < 1.29 is 4.79 Å². The second kappa shape index (κ2) is 6.21. The summed E-state index contributed by atoms with van der Waals surface area (Å²) in [6.45, 7) is 2.24. The zero-order valence-corrected chi connectivity index (χ0v) is 12.1. The number of nitrogens with one attached hydrogen (secondary N) is 3. The summed E-state index contributed by atoms with van der Waals surface area (Å²) >= 11 is 0. The second-order valence-electron chi connectivity index (χ2n) is 4.91. The number of hydrogen-bond acceptors (Lipinski definition) is 5. The van der Waals surface area contributed by atoms with Gasteiger partial charge in [-0.25, -0.2) is 9.97 Å². The van der Waals surface area contributed by atoms with Gasteiger partial charge >= 0.3 is 0 Å². The number of rotatable bonds is 5. The number of hydrogen-bond donors (Lipinski definition) is 3. The molecule has 0 aliphatic rings. The number of fused-ring (bicyclic) bond motifs is 1. The van der Waals surface area contributed by atoms with Gasteiger partial charge in [-0.1, -0.05) is 12.1 Å². The van der Waals surface area contributed by atoms with Crippen LogP contribution in [0.25, 0.3) is 11.0 Å². The lowest BCUT2D eigenvalue weighted by Crippen LogP contribution is -2.08. The van der Waals surface area contributed by atoms with Gasteiger partial charge < -0.3 is 10.6 Å². The summed E-state index contributed by atoms with van der Waals surface area (Å²) in [5.74, 6) is 0.705. The summed E-state index contributed by atoms with van der Waals surface area (Å²) < 4.78 is 0. The Hall–Kier alpha value is -2.96. The molecule has 0 unspecified atom stereocenters. The predicted octanol–water partition coefficient (Wildman–Crippen LogP) is 1.97. The van der Waals surface area contributed by atoms with Crippen molar-refractivity contribution in [2.24, 2.45) is 0 Å². The molecule has 22 heavy (non-hydrogen) atoms. The zero-order valence-electron chi connectivity index (χ0n) is 12.1. The van der Waals surface area contributed by atoms with Crippen molar-refractivity contribution in [1.82, 2.24) is 20.2 Å². The van der Waals surface area contributed by atoms with Crippen molar-refractivity contribution in [3.8, 4) is 0 Å². The maximum atomic E-state index is 11.0. The van der Waals surface area contributed by atoms with Crippen LogP contribution in [0.4, 0.5) is 11.5 Å². The highest BCUT2D eigenvalue weighted by Crippen LogP contribution is 2.16. The Morgan fingerprint density at radius 3 is 2.82 bits per heavy atom. The number of aromatic nitrogens is 4. The minimum Gasteiger partial charge on any atom is -0.369 e. The van der Waals surface area contributed by atoms with E-state index in [9.17, 15) is 4.79 Å². The van der Waals surface area contributed by atoms with Gasteiger partial charge in [-0.15, -0.1) is 0 Å². The van der Waals surface area contributed by atoms with Crippen LogP contribution in [0, 0.1) is 0 Å². The third kappa shape index (κ3) is 3.20. The largest absolute Gasteiger partial charge is 0.369 e. The highest BCUT2D eigenvalue weighted by Gasteiger charge is 2.04. The van der Waals surface area contributed by atoms with Crippen molar-refractivity contribution in [3.05, 3.63) is 42.4 Å². The van der Waals surface area contributed by atoms with Crippen LogP contribution in [0.1, 0.15) is 12.5 Å². The third-order valence-corrected chi connectivity index (χ3v) is 3.23. The molecule has 0 atom stereocenters. The fraction of sp³-hybridized carbons (Fsp3) is 0.200. The molecule has 3 rings (SSSR count). The number of amides is 1. The van der Waals surface area contributed by atoms with E-state index in [1.54, 1.807) is 6.20 Å². The molecule has 112 valence electrons. The van der Waals surface area contributed by atoms with E-state index in [1.165, 1.54) is 18.8 Å². The molecule has 7 nitrogen and oxygen atoms in total. The summed E-state index contributed by atoms with van der Waals surface area (Å²) in [4.78, 5) is 19.3. The molecule has 3 aromatic rings. The van der Waals surface area contributed by atoms with Crippen molar-refractivity contribution in [2.45, 2.75) is 13.3 Å². The van der Waals surface area contributed by atoms with Crippen LogP contribution in [-0.4, -0.2) is 32.6 Å². The summed E-state index contributed by atoms with van der Waals surface area (Å²) in [6.07, 6.45) is 4.06. The minimum absolute atomic E-state index is 0.0673. The highest BCUT2D eigenvalue weighted by atomic mass is 16.1. The molecule has 0 aliphatic heterocycles. The van der Waals surface area contributed by atoms with Crippen LogP contribution in [0.2, 0.25) is 0 Å². The predicted molar refractivity (Wildman–Crippen MR) is 84.6 cm³/mol. The Kier molecular flexibility index (Phi) is 3.95. The molecule has 0 radical (unpaired) electrons. The molecule has 2 aromatic heterocycles. The summed E-state index contributed by atoms with van der Waals surface area (Å²) in [5, 5.41) is 13.7. The number of anilines is 2. The number of carbonyl (C=O) groups excluding carboxylic acids is 1. The fourth-order valence-corrected chi connectivity index (χ4v) is 2.19. The molecule has 7 heteroatoms. The summed E-state index contributed by atoms with van der Waals surface area (Å²) in [7, 11) is 0. The molecule has 2 heterocycles. The van der Waals surface area contributed by atoms with E-state index in [4.69, 9.17) is 0 Å². The molecule has 0 saturated carbocycles. The van der Waals surface area contributed by atoms with E-state index in [1.807, 2.05) is 24.3 Å². The SMILES string of the molecule is CC(=O)Nc1ccc(CCNc2ncnc3[nH]ncc23)cc1. The van der Waals surface area contributed by atoms with Crippen LogP contribution in [0.15, 0.2) is 36.8 Å². The molecular weight excluding hydrogens is 280 g/mol. The average Bonchev–Trinajstić information content (AvgIpc) is 2.98. The van der Waals surface area contributed by atoms with Crippen molar-refractivity contribution in [1.29, 1.82) is 0 Å². The molecular formula is C15H16N6O. The molecule has 0 saturated heterocycles. The molecule has 0 fully saturated rings. The van der Waals surface area contributed by atoms with Crippen molar-refractivity contribution in [3.63, 3.8) is 0 Å². The number of H-pyrrole nitrogens is 1. The van der Waals surface area contributed by atoms with Crippen molar-refractivity contribution in [2.75, 3.05) is 17.2 Å². The van der Waals surface area contributed by atoms with Crippen molar-refractivity contribution >= 4 is 28.4 Å². The highest BCUT2D eigenvalue weighted by molar-refractivity contribution is 5.88. The lowest BCUT2D eigenvalue weighted by molar-refractivity contribution is -0.114. The number of aromatic amines is 1. The Labute approximate surface area is 127 Å². The number of nitrogens with zero attached hydrogens (tertiary/aromatic N) is 3. The Morgan fingerprint density at radius 1 is 1.23 bits per heavy atom. The van der Waals surface area contributed by atoms with Crippen LogP contribution < -0.4 is 10.6 Å². The molecule has 1 amide bonds. The first-order chi connectivity index (χ1) is 10.7. The van der Waals surface area contributed by atoms with Crippen LogP contribution in [-0.2, 0) is 11.2 Å². The van der Waals surface area contributed by atoms with Gasteiger partial charge in [0.05, 0.1) is 11.6 Å². The summed E-state index contributed by atoms with van der Waals surface area (Å²) in [5.41, 5.74) is 2.70. The maximum Gasteiger partial charge on any atom is 0.221 e. The lowest BCUT2D eigenvalue weighted by Gasteiger charge is -2.07. The quantitative estimate of drug-likeness (QED) is 0.669. The van der Waals surface area contributed by atoms with Gasteiger partial charge in [-0.2, -0.15) is 5.10 Å². The standard InChI is InChI=1S/C15H16N6O/c1-10(22)20-12-4-2-11(3-5-12)6-7-16-14-13-8-19-21-15(13)18-9-17-14/h2-5,8-9H,6-7H2,1H3,(H,20,22)(H2,16,17,18,19,21). The maximum absolute atomic E-state index is 11.0. The monoisotopic (exact) mass is 296 g/mol. The summed E-state index contributed by atoms with van der Waals surface area (Å²) in [6, 6.07) is 7.80. The topological polar surface area (TPSA) is 95.6 Å². The van der Waals surface area contributed by atoms with Crippen LogP contribution in [0.5, 0.6) is 0 Å². The van der Waals surface area contributed by atoms with E-state index in [0.29, 0.717) is 0 Å². The van der Waals surface area contributed by atoms with Gasteiger partial charge in [-0.3, -0.25) is 9.89 Å². The van der Waals surface area contributed by atoms with Gasteiger partial charge in [0.15, 0.2) is 5.65 Å². The Balaban J connectivity index is 1.59. The van der Waals surface area contributed by atoms with Gasteiger partial charge in [0.1, 0.15) is 12.1 Å². The molecule has 0 aliphatic carbocycles. The first-order valence-corrected chi connectivity index (χ1v) is 6.97. The number of benzene rings is 1. The van der Waals surface area contributed by atoms with E-state index < -0.39 is 0 Å². The second-order valence-corrected chi connectivity index (χ2v) is 4.91. The fourth-order valence-electron chi connectivity index (χ4n) is 2.19. The van der Waals surface area contributed by atoms with Crippen LogP contribution >= 0.6 is 0 Å². The van der Waals surface area contributed by atoms with Gasteiger partial charge in [0, 0.05) is 19.2 Å². The van der Waals surface area contributed by atoms with E-state index >= 15 is 0 Å². The number of carbonyl (C=O) groups is 1. The normalized spacial score (nSPS) is 10.6. The first kappa shape index (κ1) is 14.0.